The van der Waals surface area contributed by atoms with Gasteiger partial charge >= 0.3 is 5.97 Å². The van der Waals surface area contributed by atoms with Crippen molar-refractivity contribution in [3.8, 4) is 0 Å². The molecule has 0 aliphatic heterocycles. The fraction of sp³-hybridized carbons (Fsp3) is 0.455. The fourth-order valence-corrected chi connectivity index (χ4v) is 1.51. The molecule has 94 valence electrons. The van der Waals surface area contributed by atoms with E-state index >= 15 is 0 Å². The lowest BCUT2D eigenvalue weighted by Crippen LogP contribution is -2.38. The van der Waals surface area contributed by atoms with Crippen molar-refractivity contribution in [1.82, 2.24) is 4.90 Å². The SMILES string of the molecule is CC(CS)C(=O)N(CC(=O)O)Cc1ccco1. The second-order valence-electron chi connectivity index (χ2n) is 3.75. The van der Waals surface area contributed by atoms with Crippen LogP contribution in [-0.4, -0.2) is 34.2 Å². The van der Waals surface area contributed by atoms with Crippen molar-refractivity contribution in [2.24, 2.45) is 5.92 Å². The first-order valence-electron chi connectivity index (χ1n) is 5.18. The van der Waals surface area contributed by atoms with Gasteiger partial charge < -0.3 is 14.4 Å². The molecule has 1 rings (SSSR count). The minimum atomic E-state index is -1.05. The third-order valence-corrected chi connectivity index (χ3v) is 2.81. The van der Waals surface area contributed by atoms with Gasteiger partial charge in [0.15, 0.2) is 0 Å². The summed E-state index contributed by atoms with van der Waals surface area (Å²) in [7, 11) is 0. The Bertz CT molecular complexity index is 377. The van der Waals surface area contributed by atoms with Gasteiger partial charge in [0.1, 0.15) is 12.3 Å². The molecule has 0 aliphatic rings. The molecule has 1 aromatic heterocycles. The predicted octanol–water partition coefficient (Wildman–Crippen LogP) is 1.26. The van der Waals surface area contributed by atoms with Crippen LogP contribution in [-0.2, 0) is 16.1 Å². The smallest absolute Gasteiger partial charge is 0.323 e. The van der Waals surface area contributed by atoms with Crippen molar-refractivity contribution in [2.75, 3.05) is 12.3 Å². The lowest BCUT2D eigenvalue weighted by atomic mass is 10.2. The third-order valence-electron chi connectivity index (χ3n) is 2.26. The molecule has 1 heterocycles. The van der Waals surface area contributed by atoms with Gasteiger partial charge in [-0.1, -0.05) is 6.92 Å². The Morgan fingerprint density at radius 3 is 2.76 bits per heavy atom. The second-order valence-corrected chi connectivity index (χ2v) is 4.12. The number of thiol groups is 1. The zero-order valence-electron chi connectivity index (χ0n) is 9.50. The van der Waals surface area contributed by atoms with E-state index in [1.807, 2.05) is 0 Å². The number of hydrogen-bond donors (Lipinski definition) is 2. The Morgan fingerprint density at radius 1 is 1.59 bits per heavy atom. The molecule has 1 atom stereocenters. The number of amides is 1. The number of hydrogen-bond acceptors (Lipinski definition) is 4. The third kappa shape index (κ3) is 4.14. The van der Waals surface area contributed by atoms with Crippen molar-refractivity contribution >= 4 is 24.5 Å². The number of furan rings is 1. The molecule has 0 bridgehead atoms. The molecular weight excluding hydrogens is 242 g/mol. The quantitative estimate of drug-likeness (QED) is 0.753. The van der Waals surface area contributed by atoms with E-state index in [-0.39, 0.29) is 24.9 Å². The van der Waals surface area contributed by atoms with E-state index in [0.29, 0.717) is 11.5 Å². The van der Waals surface area contributed by atoms with Gasteiger partial charge in [-0.25, -0.2) is 0 Å². The Kier molecular flexibility index (Phi) is 5.09. The van der Waals surface area contributed by atoms with Crippen LogP contribution in [0, 0.1) is 5.92 Å². The largest absolute Gasteiger partial charge is 0.480 e. The minimum Gasteiger partial charge on any atom is -0.480 e. The maximum Gasteiger partial charge on any atom is 0.323 e. The van der Waals surface area contributed by atoms with Crippen LogP contribution in [0.5, 0.6) is 0 Å². The molecule has 0 spiro atoms. The summed E-state index contributed by atoms with van der Waals surface area (Å²) in [5, 5.41) is 8.77. The number of carbonyl (C=O) groups is 2. The minimum absolute atomic E-state index is 0.163. The number of carboxylic acids is 1. The Hall–Kier alpha value is -1.43. The van der Waals surface area contributed by atoms with Gasteiger partial charge in [-0.05, 0) is 12.1 Å². The van der Waals surface area contributed by atoms with Crippen LogP contribution in [0.25, 0.3) is 0 Å². The topological polar surface area (TPSA) is 70.8 Å². The first-order valence-corrected chi connectivity index (χ1v) is 5.81. The molecule has 0 fully saturated rings. The molecule has 1 aromatic rings. The van der Waals surface area contributed by atoms with Crippen molar-refractivity contribution in [3.05, 3.63) is 24.2 Å². The highest BCUT2D eigenvalue weighted by molar-refractivity contribution is 7.80. The maximum absolute atomic E-state index is 11.9. The first-order chi connectivity index (χ1) is 8.04. The summed E-state index contributed by atoms with van der Waals surface area (Å²) in [6.45, 7) is 1.54. The van der Waals surface area contributed by atoms with Crippen LogP contribution in [0.3, 0.4) is 0 Å². The van der Waals surface area contributed by atoms with Crippen LogP contribution in [0.4, 0.5) is 0 Å². The van der Waals surface area contributed by atoms with Gasteiger partial charge in [0.2, 0.25) is 5.91 Å². The zero-order chi connectivity index (χ0) is 12.8. The summed E-state index contributed by atoms with van der Waals surface area (Å²) in [6.07, 6.45) is 1.49. The van der Waals surface area contributed by atoms with E-state index < -0.39 is 5.97 Å². The number of nitrogens with zero attached hydrogens (tertiary/aromatic N) is 1. The highest BCUT2D eigenvalue weighted by Crippen LogP contribution is 2.10. The Morgan fingerprint density at radius 2 is 2.29 bits per heavy atom. The molecule has 0 aliphatic carbocycles. The molecule has 17 heavy (non-hydrogen) atoms. The summed E-state index contributed by atoms with van der Waals surface area (Å²) in [5.74, 6) is -0.652. The number of carbonyl (C=O) groups excluding carboxylic acids is 1. The summed E-state index contributed by atoms with van der Waals surface area (Å²) in [6, 6.07) is 3.40. The van der Waals surface area contributed by atoms with E-state index in [1.165, 1.54) is 11.2 Å². The van der Waals surface area contributed by atoms with Crippen molar-refractivity contribution in [3.63, 3.8) is 0 Å². The van der Waals surface area contributed by atoms with Crippen molar-refractivity contribution < 1.29 is 19.1 Å². The predicted molar refractivity (Wildman–Crippen MR) is 64.8 cm³/mol. The van der Waals surface area contributed by atoms with Gasteiger partial charge in [0.25, 0.3) is 0 Å². The Balaban J connectivity index is 2.73. The van der Waals surface area contributed by atoms with Gasteiger partial charge in [-0.3, -0.25) is 9.59 Å². The lowest BCUT2D eigenvalue weighted by Gasteiger charge is -2.22. The van der Waals surface area contributed by atoms with Gasteiger partial charge in [0, 0.05) is 11.7 Å². The summed E-state index contributed by atoms with van der Waals surface area (Å²) >= 11 is 4.04. The number of carboxylic acid groups (broad SMARTS) is 1. The van der Waals surface area contributed by atoms with E-state index in [0.717, 1.165) is 0 Å². The van der Waals surface area contributed by atoms with E-state index in [9.17, 15) is 9.59 Å². The second kappa shape index (κ2) is 6.34. The van der Waals surface area contributed by atoms with E-state index in [2.05, 4.69) is 12.6 Å². The van der Waals surface area contributed by atoms with Gasteiger partial charge in [0.05, 0.1) is 12.8 Å². The normalized spacial score (nSPS) is 12.1. The highest BCUT2D eigenvalue weighted by atomic mass is 32.1. The van der Waals surface area contributed by atoms with Crippen LogP contribution in [0.1, 0.15) is 12.7 Å². The first kappa shape index (κ1) is 13.6. The fourth-order valence-electron chi connectivity index (χ4n) is 1.36. The lowest BCUT2D eigenvalue weighted by molar-refractivity contribution is -0.146. The monoisotopic (exact) mass is 257 g/mol. The van der Waals surface area contributed by atoms with Crippen molar-refractivity contribution in [1.29, 1.82) is 0 Å². The Labute approximate surface area is 105 Å². The molecule has 0 saturated carbocycles. The summed E-state index contributed by atoms with van der Waals surface area (Å²) in [4.78, 5) is 23.9. The standard InChI is InChI=1S/C11H15NO4S/c1-8(7-17)11(15)12(6-10(13)14)5-9-3-2-4-16-9/h2-4,8,17H,5-7H2,1H3,(H,13,14). The van der Waals surface area contributed by atoms with Crippen LogP contribution in [0.2, 0.25) is 0 Å². The van der Waals surface area contributed by atoms with Crippen LogP contribution < -0.4 is 0 Å². The van der Waals surface area contributed by atoms with Crippen LogP contribution in [0.15, 0.2) is 22.8 Å². The highest BCUT2D eigenvalue weighted by Gasteiger charge is 2.22. The van der Waals surface area contributed by atoms with Gasteiger partial charge in [-0.15, -0.1) is 0 Å². The van der Waals surface area contributed by atoms with E-state index in [1.54, 1.807) is 19.1 Å². The number of rotatable bonds is 6. The molecule has 1 amide bonds. The summed E-state index contributed by atoms with van der Waals surface area (Å²) < 4.78 is 5.10. The van der Waals surface area contributed by atoms with E-state index in [4.69, 9.17) is 9.52 Å². The average Bonchev–Trinajstić information content (AvgIpc) is 2.78. The maximum atomic E-state index is 11.9. The molecule has 5 nitrogen and oxygen atoms in total. The molecular formula is C11H15NO4S. The molecule has 0 aromatic carbocycles. The van der Waals surface area contributed by atoms with Crippen molar-refractivity contribution in [2.45, 2.75) is 13.5 Å². The number of aliphatic carboxylic acids is 1. The molecule has 1 unspecified atom stereocenters. The van der Waals surface area contributed by atoms with Gasteiger partial charge in [-0.2, -0.15) is 12.6 Å². The summed E-state index contributed by atoms with van der Waals surface area (Å²) in [5.41, 5.74) is 0. The molecule has 1 N–H and O–H groups in total. The van der Waals surface area contributed by atoms with Crippen LogP contribution >= 0.6 is 12.6 Å². The zero-order valence-corrected chi connectivity index (χ0v) is 10.4. The molecule has 6 heteroatoms. The average molecular weight is 257 g/mol. The molecule has 0 radical (unpaired) electrons. The molecule has 0 saturated heterocycles.